The summed E-state index contributed by atoms with van der Waals surface area (Å²) in [4.78, 5) is 10.8. The van der Waals surface area contributed by atoms with Gasteiger partial charge in [-0.05, 0) is 6.07 Å². The molecule has 0 aliphatic carbocycles. The second-order valence-electron chi connectivity index (χ2n) is 3.66. The van der Waals surface area contributed by atoms with Crippen molar-refractivity contribution in [2.45, 2.75) is 6.54 Å². The minimum Gasteiger partial charge on any atom is -0.493 e. The number of carboxylic acid groups (broad SMARTS) is 1. The Morgan fingerprint density at radius 1 is 1.56 bits per heavy atom. The molecule has 0 aliphatic heterocycles. The number of hydrogen-bond donors (Lipinski definition) is 1. The highest BCUT2D eigenvalue weighted by Gasteiger charge is 2.14. The summed E-state index contributed by atoms with van der Waals surface area (Å²) in [6.45, 7) is 0.149. The number of benzene rings is 1. The molecule has 18 heavy (non-hydrogen) atoms. The molecule has 0 spiro atoms. The van der Waals surface area contributed by atoms with E-state index in [4.69, 9.17) is 9.84 Å². The summed E-state index contributed by atoms with van der Waals surface area (Å²) in [6.07, 6.45) is 3.10. The predicted molar refractivity (Wildman–Crippen MR) is 61.2 cm³/mol. The first-order valence-corrected chi connectivity index (χ1v) is 5.19. The van der Waals surface area contributed by atoms with Crippen molar-refractivity contribution in [3.05, 3.63) is 47.5 Å². The van der Waals surface area contributed by atoms with Crippen molar-refractivity contribution in [3.63, 3.8) is 0 Å². The molecule has 1 N–H and O–H groups in total. The molecule has 0 bridgehead atoms. The number of methoxy groups -OCH3 is 1. The van der Waals surface area contributed by atoms with Crippen LogP contribution < -0.4 is 4.74 Å². The monoisotopic (exact) mass is 250 g/mol. The topological polar surface area (TPSA) is 64.4 Å². The van der Waals surface area contributed by atoms with Crippen LogP contribution in [0.25, 0.3) is 0 Å². The minimum absolute atomic E-state index is 0.149. The molecule has 2 aromatic rings. The van der Waals surface area contributed by atoms with E-state index in [0.29, 0.717) is 5.75 Å². The number of aromatic nitrogens is 2. The third kappa shape index (κ3) is 2.32. The third-order valence-corrected chi connectivity index (χ3v) is 2.49. The second-order valence-corrected chi connectivity index (χ2v) is 3.66. The van der Waals surface area contributed by atoms with Gasteiger partial charge in [0.25, 0.3) is 0 Å². The molecule has 1 aromatic carbocycles. The highest BCUT2D eigenvalue weighted by Crippen LogP contribution is 2.15. The molecule has 0 fully saturated rings. The van der Waals surface area contributed by atoms with Gasteiger partial charge in [-0.15, -0.1) is 0 Å². The van der Waals surface area contributed by atoms with E-state index in [1.165, 1.54) is 36.2 Å². The van der Waals surface area contributed by atoms with Crippen molar-refractivity contribution in [1.82, 2.24) is 9.78 Å². The zero-order valence-corrected chi connectivity index (χ0v) is 9.63. The number of carbonyl (C=O) groups is 1. The van der Waals surface area contributed by atoms with Crippen LogP contribution in [0.4, 0.5) is 4.39 Å². The van der Waals surface area contributed by atoms with E-state index in [1.807, 2.05) is 0 Å². The number of halogens is 1. The average Bonchev–Trinajstić information content (AvgIpc) is 2.79. The van der Waals surface area contributed by atoms with E-state index in [9.17, 15) is 9.18 Å². The van der Waals surface area contributed by atoms with Crippen LogP contribution in [0.15, 0.2) is 30.6 Å². The van der Waals surface area contributed by atoms with Gasteiger partial charge in [-0.2, -0.15) is 5.10 Å². The van der Waals surface area contributed by atoms with Crippen molar-refractivity contribution in [2.24, 2.45) is 0 Å². The van der Waals surface area contributed by atoms with E-state index in [-0.39, 0.29) is 17.7 Å². The first-order chi connectivity index (χ1) is 8.61. The van der Waals surface area contributed by atoms with Crippen LogP contribution >= 0.6 is 0 Å². The smallest absolute Gasteiger partial charge is 0.338 e. The third-order valence-electron chi connectivity index (χ3n) is 2.49. The van der Waals surface area contributed by atoms with Gasteiger partial charge < -0.3 is 9.84 Å². The van der Waals surface area contributed by atoms with Crippen LogP contribution in [0.1, 0.15) is 15.9 Å². The molecular formula is C12H11FN2O3. The molecule has 0 saturated carbocycles. The van der Waals surface area contributed by atoms with Crippen molar-refractivity contribution in [1.29, 1.82) is 0 Å². The van der Waals surface area contributed by atoms with Crippen molar-refractivity contribution in [3.8, 4) is 5.75 Å². The molecule has 1 aromatic heterocycles. The highest BCUT2D eigenvalue weighted by molar-refractivity contribution is 5.88. The van der Waals surface area contributed by atoms with Gasteiger partial charge in [0.2, 0.25) is 0 Å². The fourth-order valence-corrected chi connectivity index (χ4v) is 1.58. The fourth-order valence-electron chi connectivity index (χ4n) is 1.58. The van der Waals surface area contributed by atoms with Crippen LogP contribution in [-0.2, 0) is 6.54 Å². The standard InChI is InChI=1S/C12H11FN2O3/c1-18-9-5-14-15(7-9)6-8-3-2-4-10(11(8)13)12(16)17/h2-5,7H,6H2,1H3,(H,16,17). The van der Waals surface area contributed by atoms with Gasteiger partial charge in [0.05, 0.1) is 31.6 Å². The van der Waals surface area contributed by atoms with Crippen LogP contribution in [0.3, 0.4) is 0 Å². The molecule has 0 aliphatic rings. The summed E-state index contributed by atoms with van der Waals surface area (Å²) in [5, 5.41) is 12.8. The summed E-state index contributed by atoms with van der Waals surface area (Å²) < 4.78 is 20.3. The van der Waals surface area contributed by atoms with Crippen LogP contribution in [0, 0.1) is 5.82 Å². The lowest BCUT2D eigenvalue weighted by Crippen LogP contribution is -2.07. The molecule has 0 amide bonds. The predicted octanol–water partition coefficient (Wildman–Crippen LogP) is 1.78. The van der Waals surface area contributed by atoms with Crippen LogP contribution in [0.2, 0.25) is 0 Å². The Morgan fingerprint density at radius 3 is 2.94 bits per heavy atom. The van der Waals surface area contributed by atoms with Gasteiger partial charge in [-0.25, -0.2) is 9.18 Å². The maximum Gasteiger partial charge on any atom is 0.338 e. The summed E-state index contributed by atoms with van der Waals surface area (Å²) >= 11 is 0. The Hall–Kier alpha value is -2.37. The van der Waals surface area contributed by atoms with E-state index in [1.54, 1.807) is 6.20 Å². The van der Waals surface area contributed by atoms with Crippen molar-refractivity contribution >= 4 is 5.97 Å². The molecule has 94 valence electrons. The van der Waals surface area contributed by atoms with Gasteiger partial charge in [0.15, 0.2) is 5.75 Å². The average molecular weight is 250 g/mol. The van der Waals surface area contributed by atoms with Gasteiger partial charge in [0, 0.05) is 5.56 Å². The second kappa shape index (κ2) is 4.87. The SMILES string of the molecule is COc1cnn(Cc2cccc(C(=O)O)c2F)c1. The number of nitrogens with zero attached hydrogens (tertiary/aromatic N) is 2. The number of rotatable bonds is 4. The lowest BCUT2D eigenvalue weighted by atomic mass is 10.1. The highest BCUT2D eigenvalue weighted by atomic mass is 19.1. The van der Waals surface area contributed by atoms with Gasteiger partial charge in [0.1, 0.15) is 5.82 Å². The summed E-state index contributed by atoms with van der Waals surface area (Å²) in [5.74, 6) is -1.46. The number of aromatic carboxylic acids is 1. The molecule has 0 radical (unpaired) electrons. The Bertz CT molecular complexity index is 580. The Morgan fingerprint density at radius 2 is 2.33 bits per heavy atom. The molecule has 2 rings (SSSR count). The number of hydrogen-bond acceptors (Lipinski definition) is 3. The van der Waals surface area contributed by atoms with Gasteiger partial charge in [-0.3, -0.25) is 4.68 Å². The first kappa shape index (κ1) is 12.1. The lowest BCUT2D eigenvalue weighted by Gasteiger charge is -2.05. The maximum atomic E-state index is 13.8. The number of ether oxygens (including phenoxy) is 1. The normalized spacial score (nSPS) is 10.3. The Kier molecular flexibility index (Phi) is 3.27. The zero-order chi connectivity index (χ0) is 13.1. The van der Waals surface area contributed by atoms with Gasteiger partial charge in [-0.1, -0.05) is 12.1 Å². The molecular weight excluding hydrogens is 239 g/mol. The molecule has 5 nitrogen and oxygen atoms in total. The largest absolute Gasteiger partial charge is 0.493 e. The summed E-state index contributed by atoms with van der Waals surface area (Å²) in [5.41, 5.74) is -0.0766. The minimum atomic E-state index is -1.28. The quantitative estimate of drug-likeness (QED) is 0.898. The van der Waals surface area contributed by atoms with E-state index in [0.717, 1.165) is 0 Å². The molecule has 1 heterocycles. The van der Waals surface area contributed by atoms with Gasteiger partial charge >= 0.3 is 5.97 Å². The first-order valence-electron chi connectivity index (χ1n) is 5.19. The van der Waals surface area contributed by atoms with Crippen molar-refractivity contribution < 1.29 is 19.0 Å². The van der Waals surface area contributed by atoms with E-state index < -0.39 is 11.8 Å². The zero-order valence-electron chi connectivity index (χ0n) is 9.63. The molecule has 6 heteroatoms. The number of carboxylic acids is 1. The lowest BCUT2D eigenvalue weighted by molar-refractivity contribution is 0.0691. The maximum absolute atomic E-state index is 13.8. The Labute approximate surface area is 102 Å². The van der Waals surface area contributed by atoms with E-state index >= 15 is 0 Å². The van der Waals surface area contributed by atoms with Crippen LogP contribution in [0.5, 0.6) is 5.75 Å². The summed E-state index contributed by atoms with van der Waals surface area (Å²) in [6, 6.07) is 4.25. The van der Waals surface area contributed by atoms with E-state index in [2.05, 4.69) is 5.10 Å². The summed E-state index contributed by atoms with van der Waals surface area (Å²) in [7, 11) is 1.51. The Balaban J connectivity index is 2.29. The molecule has 0 atom stereocenters. The molecule has 0 saturated heterocycles. The molecule has 0 unspecified atom stereocenters. The fraction of sp³-hybridized carbons (Fsp3) is 0.167. The van der Waals surface area contributed by atoms with Crippen molar-refractivity contribution in [2.75, 3.05) is 7.11 Å². The van der Waals surface area contributed by atoms with Crippen LogP contribution in [-0.4, -0.2) is 28.0 Å².